The summed E-state index contributed by atoms with van der Waals surface area (Å²) in [7, 11) is 0. The van der Waals surface area contributed by atoms with Gasteiger partial charge < -0.3 is 9.15 Å². The summed E-state index contributed by atoms with van der Waals surface area (Å²) in [6.45, 7) is 5.61. The van der Waals surface area contributed by atoms with Crippen LogP contribution in [0.5, 0.6) is 5.75 Å². The highest BCUT2D eigenvalue weighted by Crippen LogP contribution is 2.25. The zero-order valence-electron chi connectivity index (χ0n) is 13.5. The maximum absolute atomic E-state index is 11.7. The van der Waals surface area contributed by atoms with Crippen molar-refractivity contribution in [3.63, 3.8) is 0 Å². The van der Waals surface area contributed by atoms with Gasteiger partial charge in [-0.1, -0.05) is 12.1 Å². The average Bonchev–Trinajstić information content (AvgIpc) is 3.00. The van der Waals surface area contributed by atoms with Gasteiger partial charge in [0.1, 0.15) is 10.7 Å². The number of nitrogens with zero attached hydrogens (tertiary/aromatic N) is 2. The van der Waals surface area contributed by atoms with Gasteiger partial charge in [0, 0.05) is 0 Å². The van der Waals surface area contributed by atoms with E-state index in [-0.39, 0.29) is 12.4 Å². The molecule has 0 radical (unpaired) electrons. The van der Waals surface area contributed by atoms with Crippen molar-refractivity contribution in [1.29, 1.82) is 0 Å². The fourth-order valence-electron chi connectivity index (χ4n) is 2.00. The molecular weight excluding hydrogens is 314 g/mol. The van der Waals surface area contributed by atoms with Crippen molar-refractivity contribution in [3.05, 3.63) is 56.8 Å². The highest BCUT2D eigenvalue weighted by atomic mass is 16.6. The van der Waals surface area contributed by atoms with E-state index in [0.29, 0.717) is 5.75 Å². The second-order valence-electron chi connectivity index (χ2n) is 5.17. The Kier molecular flexibility index (Phi) is 5.31. The van der Waals surface area contributed by atoms with Gasteiger partial charge in [-0.3, -0.25) is 14.9 Å². The second kappa shape index (κ2) is 7.40. The molecule has 0 aliphatic heterocycles. The van der Waals surface area contributed by atoms with Crippen LogP contribution in [0.1, 0.15) is 22.5 Å². The number of nitrogens with one attached hydrogen (secondary N) is 1. The van der Waals surface area contributed by atoms with E-state index < -0.39 is 16.7 Å². The number of hydrogen-bond acceptors (Lipinski definition) is 6. The van der Waals surface area contributed by atoms with E-state index in [2.05, 4.69) is 10.5 Å². The minimum atomic E-state index is -0.656. The first-order valence-corrected chi connectivity index (χ1v) is 7.14. The van der Waals surface area contributed by atoms with Gasteiger partial charge in [-0.15, -0.1) is 0 Å². The van der Waals surface area contributed by atoms with Gasteiger partial charge in [-0.25, -0.2) is 5.43 Å². The molecule has 0 fully saturated rings. The Hall–Kier alpha value is -3.16. The minimum absolute atomic E-state index is 0.160. The number of carbonyl (C=O) groups excluding carboxylic acids is 1. The van der Waals surface area contributed by atoms with E-state index in [9.17, 15) is 14.9 Å². The Balaban J connectivity index is 1.88. The highest BCUT2D eigenvalue weighted by Gasteiger charge is 2.11. The third-order valence-corrected chi connectivity index (χ3v) is 3.39. The zero-order valence-corrected chi connectivity index (χ0v) is 13.5. The summed E-state index contributed by atoms with van der Waals surface area (Å²) in [4.78, 5) is 21.6. The Bertz CT molecular complexity index is 795. The molecule has 1 N–H and O–H groups in total. The first-order chi connectivity index (χ1) is 11.4. The Morgan fingerprint density at radius 2 is 2.00 bits per heavy atom. The van der Waals surface area contributed by atoms with E-state index in [4.69, 9.17) is 9.15 Å². The van der Waals surface area contributed by atoms with E-state index >= 15 is 0 Å². The van der Waals surface area contributed by atoms with Crippen LogP contribution in [-0.4, -0.2) is 23.7 Å². The van der Waals surface area contributed by atoms with E-state index in [1.807, 2.05) is 32.9 Å². The molecule has 8 heteroatoms. The normalized spacial score (nSPS) is 10.8. The maximum atomic E-state index is 11.7. The van der Waals surface area contributed by atoms with Gasteiger partial charge in [-0.05, 0) is 43.5 Å². The zero-order chi connectivity index (χ0) is 17.7. The summed E-state index contributed by atoms with van der Waals surface area (Å²) >= 11 is 0. The van der Waals surface area contributed by atoms with Crippen LogP contribution in [-0.2, 0) is 4.79 Å². The van der Waals surface area contributed by atoms with Crippen LogP contribution >= 0.6 is 0 Å². The van der Waals surface area contributed by atoms with Crippen molar-refractivity contribution in [2.24, 2.45) is 5.10 Å². The lowest BCUT2D eigenvalue weighted by atomic mass is 10.1. The number of carbonyl (C=O) groups is 1. The molecule has 0 saturated heterocycles. The number of hydrogen-bond donors (Lipinski definition) is 1. The number of furan rings is 1. The van der Waals surface area contributed by atoms with Crippen LogP contribution in [0, 0.1) is 30.9 Å². The smallest absolute Gasteiger partial charge is 0.433 e. The molecule has 2 rings (SSSR count). The Morgan fingerprint density at radius 1 is 1.29 bits per heavy atom. The molecule has 0 saturated carbocycles. The van der Waals surface area contributed by atoms with Gasteiger partial charge in [0.05, 0.1) is 12.3 Å². The SMILES string of the molecule is Cc1ccc(C)c(OCC(=O)N/N=C\c2ccc([N+](=O)[O-])o2)c1C. The van der Waals surface area contributed by atoms with Crippen molar-refractivity contribution in [3.8, 4) is 5.75 Å². The highest BCUT2D eigenvalue weighted by molar-refractivity contribution is 5.81. The second-order valence-corrected chi connectivity index (χ2v) is 5.17. The number of nitro groups is 1. The van der Waals surface area contributed by atoms with Crippen molar-refractivity contribution in [2.75, 3.05) is 6.61 Å². The average molecular weight is 331 g/mol. The quantitative estimate of drug-likeness (QED) is 0.497. The molecule has 0 unspecified atom stereocenters. The van der Waals surface area contributed by atoms with E-state index in [0.717, 1.165) is 16.7 Å². The lowest BCUT2D eigenvalue weighted by molar-refractivity contribution is -0.402. The number of amides is 1. The molecule has 0 bridgehead atoms. The maximum Gasteiger partial charge on any atom is 0.433 e. The van der Waals surface area contributed by atoms with Crippen molar-refractivity contribution < 1.29 is 18.9 Å². The monoisotopic (exact) mass is 331 g/mol. The summed E-state index contributed by atoms with van der Waals surface area (Å²) in [5.74, 6) is -0.00630. The standard InChI is InChI=1S/C16H17N3O5/c1-10-4-5-11(2)16(12(10)3)23-9-14(20)18-17-8-13-6-7-15(24-13)19(21)22/h4-8H,9H2,1-3H3,(H,18,20)/b17-8-. The van der Waals surface area contributed by atoms with Crippen molar-refractivity contribution in [2.45, 2.75) is 20.8 Å². The summed E-state index contributed by atoms with van der Waals surface area (Å²) in [6.07, 6.45) is 1.17. The molecule has 126 valence electrons. The number of rotatable bonds is 6. The van der Waals surface area contributed by atoms with Crippen molar-refractivity contribution >= 4 is 18.0 Å². The molecule has 0 aliphatic rings. The Morgan fingerprint density at radius 3 is 2.67 bits per heavy atom. The molecule has 1 aromatic heterocycles. The van der Waals surface area contributed by atoms with Gasteiger partial charge >= 0.3 is 5.88 Å². The molecular formula is C16H17N3O5. The lowest BCUT2D eigenvalue weighted by Crippen LogP contribution is -2.25. The number of hydrazone groups is 1. The fourth-order valence-corrected chi connectivity index (χ4v) is 2.00. The summed E-state index contributed by atoms with van der Waals surface area (Å²) in [5.41, 5.74) is 5.27. The predicted molar refractivity (Wildman–Crippen MR) is 87.2 cm³/mol. The number of benzene rings is 1. The molecule has 1 aromatic carbocycles. The number of aryl methyl sites for hydroxylation is 2. The molecule has 0 aliphatic carbocycles. The summed E-state index contributed by atoms with van der Waals surface area (Å²) in [5, 5.41) is 14.1. The van der Waals surface area contributed by atoms with Crippen LogP contribution in [0.2, 0.25) is 0 Å². The number of ether oxygens (including phenoxy) is 1. The third kappa shape index (κ3) is 4.19. The van der Waals surface area contributed by atoms with Gasteiger partial charge in [-0.2, -0.15) is 5.10 Å². The summed E-state index contributed by atoms with van der Waals surface area (Å²) in [6, 6.07) is 6.50. The molecule has 2 aromatic rings. The molecule has 0 atom stereocenters. The molecule has 1 heterocycles. The van der Waals surface area contributed by atoms with Crippen molar-refractivity contribution in [1.82, 2.24) is 5.43 Å². The van der Waals surface area contributed by atoms with Crippen LogP contribution in [0.15, 0.2) is 33.8 Å². The van der Waals surface area contributed by atoms with Crippen LogP contribution < -0.4 is 10.2 Å². The molecule has 0 spiro atoms. The first kappa shape index (κ1) is 17.2. The van der Waals surface area contributed by atoms with Crippen LogP contribution in [0.3, 0.4) is 0 Å². The largest absolute Gasteiger partial charge is 0.483 e. The van der Waals surface area contributed by atoms with Crippen LogP contribution in [0.4, 0.5) is 5.88 Å². The topological polar surface area (TPSA) is 107 Å². The first-order valence-electron chi connectivity index (χ1n) is 7.14. The lowest BCUT2D eigenvalue weighted by Gasteiger charge is -2.13. The predicted octanol–water partition coefficient (Wildman–Crippen LogP) is 2.64. The van der Waals surface area contributed by atoms with Gasteiger partial charge in [0.2, 0.25) is 0 Å². The Labute approximate surface area is 138 Å². The van der Waals surface area contributed by atoms with E-state index in [1.54, 1.807) is 0 Å². The van der Waals surface area contributed by atoms with Gasteiger partial charge in [0.15, 0.2) is 12.4 Å². The molecule has 1 amide bonds. The van der Waals surface area contributed by atoms with Crippen LogP contribution in [0.25, 0.3) is 0 Å². The molecule has 8 nitrogen and oxygen atoms in total. The molecule has 24 heavy (non-hydrogen) atoms. The summed E-state index contributed by atoms with van der Waals surface area (Å²) < 4.78 is 10.4. The van der Waals surface area contributed by atoms with Gasteiger partial charge in [0.25, 0.3) is 5.91 Å². The minimum Gasteiger partial charge on any atom is -0.483 e. The third-order valence-electron chi connectivity index (χ3n) is 3.39. The van der Waals surface area contributed by atoms with E-state index in [1.165, 1.54) is 18.3 Å². The fraction of sp³-hybridized carbons (Fsp3) is 0.250.